The number of ether oxygens (including phenoxy) is 2. The van der Waals surface area contributed by atoms with Gasteiger partial charge in [0.1, 0.15) is 12.4 Å². The molecule has 1 rings (SSSR count). The zero-order chi connectivity index (χ0) is 11.5. The van der Waals surface area contributed by atoms with Crippen molar-refractivity contribution in [3.8, 4) is 0 Å². The van der Waals surface area contributed by atoms with Crippen LogP contribution in [0, 0.1) is 5.41 Å². The molecule has 0 saturated heterocycles. The van der Waals surface area contributed by atoms with E-state index in [1.807, 2.05) is 20.8 Å². The maximum absolute atomic E-state index is 11.9. The number of carbonyl (C=O) groups excluding carboxylic acids is 1. The van der Waals surface area contributed by atoms with Gasteiger partial charge >= 0.3 is 0 Å². The van der Waals surface area contributed by atoms with E-state index in [-0.39, 0.29) is 17.3 Å². The molecule has 0 radical (unpaired) electrons. The molecule has 0 aromatic rings. The van der Waals surface area contributed by atoms with Crippen LogP contribution in [0.25, 0.3) is 0 Å². The molecule has 86 valence electrons. The Hall–Kier alpha value is -0.830. The maximum Gasteiger partial charge on any atom is 0.164 e. The van der Waals surface area contributed by atoms with Gasteiger partial charge in [0.25, 0.3) is 0 Å². The molecule has 0 aromatic heterocycles. The Labute approximate surface area is 91.4 Å². The molecule has 15 heavy (non-hydrogen) atoms. The quantitative estimate of drug-likeness (QED) is 0.704. The third-order valence-electron chi connectivity index (χ3n) is 2.77. The fourth-order valence-electron chi connectivity index (χ4n) is 1.60. The molecule has 1 heterocycles. The molecular formula is C12H20O3. The minimum Gasteiger partial charge on any atom is -0.492 e. The Morgan fingerprint density at radius 1 is 1.60 bits per heavy atom. The highest BCUT2D eigenvalue weighted by Crippen LogP contribution is 2.29. The van der Waals surface area contributed by atoms with Gasteiger partial charge in [0, 0.05) is 18.6 Å². The second-order valence-corrected chi connectivity index (χ2v) is 4.76. The summed E-state index contributed by atoms with van der Waals surface area (Å²) in [6.45, 7) is 6.35. The van der Waals surface area contributed by atoms with Crippen molar-refractivity contribution >= 4 is 5.78 Å². The molecule has 0 aliphatic carbocycles. The highest BCUT2D eigenvalue weighted by atomic mass is 16.5. The molecule has 0 aromatic carbocycles. The molecule has 1 atom stereocenters. The van der Waals surface area contributed by atoms with E-state index in [2.05, 4.69) is 0 Å². The lowest BCUT2D eigenvalue weighted by atomic mass is 9.81. The SMILES string of the molecule is COC/C1=C/C(=O)C(C)(C)CCC(C)O1. The van der Waals surface area contributed by atoms with E-state index in [9.17, 15) is 4.79 Å². The molecule has 0 bridgehead atoms. The third kappa shape index (κ3) is 3.34. The van der Waals surface area contributed by atoms with E-state index < -0.39 is 0 Å². The Morgan fingerprint density at radius 2 is 2.27 bits per heavy atom. The summed E-state index contributed by atoms with van der Waals surface area (Å²) >= 11 is 0. The molecule has 0 spiro atoms. The van der Waals surface area contributed by atoms with Gasteiger partial charge in [-0.1, -0.05) is 13.8 Å². The van der Waals surface area contributed by atoms with Crippen molar-refractivity contribution < 1.29 is 14.3 Å². The van der Waals surface area contributed by atoms with E-state index in [0.29, 0.717) is 12.4 Å². The number of methoxy groups -OCH3 is 1. The lowest BCUT2D eigenvalue weighted by Crippen LogP contribution is -2.28. The first-order valence-corrected chi connectivity index (χ1v) is 5.36. The first-order chi connectivity index (χ1) is 6.95. The van der Waals surface area contributed by atoms with Gasteiger partial charge in [-0.15, -0.1) is 0 Å². The fraction of sp³-hybridized carbons (Fsp3) is 0.750. The van der Waals surface area contributed by atoms with Crippen molar-refractivity contribution in [1.82, 2.24) is 0 Å². The number of rotatable bonds is 2. The largest absolute Gasteiger partial charge is 0.492 e. The summed E-state index contributed by atoms with van der Waals surface area (Å²) in [5.74, 6) is 0.768. The predicted octanol–water partition coefficient (Wildman–Crippen LogP) is 2.31. The van der Waals surface area contributed by atoms with Crippen LogP contribution in [0.15, 0.2) is 11.8 Å². The molecule has 0 amide bonds. The summed E-state index contributed by atoms with van der Waals surface area (Å²) in [6.07, 6.45) is 3.50. The van der Waals surface area contributed by atoms with Gasteiger partial charge < -0.3 is 9.47 Å². The maximum atomic E-state index is 11.9. The number of hydrogen-bond donors (Lipinski definition) is 0. The van der Waals surface area contributed by atoms with Gasteiger partial charge in [-0.2, -0.15) is 0 Å². The van der Waals surface area contributed by atoms with Crippen molar-refractivity contribution in [1.29, 1.82) is 0 Å². The normalized spacial score (nSPS) is 29.7. The monoisotopic (exact) mass is 212 g/mol. The molecule has 0 saturated carbocycles. The van der Waals surface area contributed by atoms with E-state index in [4.69, 9.17) is 9.47 Å². The van der Waals surface area contributed by atoms with Gasteiger partial charge in [0.15, 0.2) is 5.78 Å². The summed E-state index contributed by atoms with van der Waals surface area (Å²) in [7, 11) is 1.60. The standard InChI is InChI=1S/C12H20O3/c1-9-5-6-12(2,3)11(13)7-10(15-9)8-14-4/h7,9H,5-6,8H2,1-4H3/b10-7-. The minimum atomic E-state index is -0.281. The highest BCUT2D eigenvalue weighted by Gasteiger charge is 2.29. The highest BCUT2D eigenvalue weighted by molar-refractivity contribution is 5.94. The summed E-state index contributed by atoms with van der Waals surface area (Å²) in [5.41, 5.74) is -0.281. The van der Waals surface area contributed by atoms with E-state index in [1.165, 1.54) is 0 Å². The number of allylic oxidation sites excluding steroid dienone is 1. The van der Waals surface area contributed by atoms with Crippen LogP contribution in [-0.2, 0) is 14.3 Å². The first-order valence-electron chi connectivity index (χ1n) is 5.36. The van der Waals surface area contributed by atoms with Crippen LogP contribution in [-0.4, -0.2) is 25.6 Å². The number of carbonyl (C=O) groups is 1. The summed E-state index contributed by atoms with van der Waals surface area (Å²) in [5, 5.41) is 0. The predicted molar refractivity (Wildman–Crippen MR) is 58.5 cm³/mol. The Bertz CT molecular complexity index is 266. The number of ketones is 1. The first kappa shape index (κ1) is 12.2. The molecule has 3 nitrogen and oxygen atoms in total. The summed E-state index contributed by atoms with van der Waals surface area (Å²) in [6, 6.07) is 0. The lowest BCUT2D eigenvalue weighted by Gasteiger charge is -2.27. The van der Waals surface area contributed by atoms with Crippen LogP contribution >= 0.6 is 0 Å². The topological polar surface area (TPSA) is 35.5 Å². The van der Waals surface area contributed by atoms with Gasteiger partial charge in [-0.3, -0.25) is 4.79 Å². The summed E-state index contributed by atoms with van der Waals surface area (Å²) < 4.78 is 10.6. The number of hydrogen-bond acceptors (Lipinski definition) is 3. The summed E-state index contributed by atoms with van der Waals surface area (Å²) in [4.78, 5) is 11.9. The van der Waals surface area contributed by atoms with Crippen molar-refractivity contribution in [2.24, 2.45) is 5.41 Å². The van der Waals surface area contributed by atoms with Crippen molar-refractivity contribution in [2.45, 2.75) is 39.7 Å². The fourth-order valence-corrected chi connectivity index (χ4v) is 1.60. The van der Waals surface area contributed by atoms with Crippen molar-refractivity contribution in [3.63, 3.8) is 0 Å². The molecule has 0 N–H and O–H groups in total. The molecule has 1 aliphatic heterocycles. The Morgan fingerprint density at radius 3 is 2.87 bits per heavy atom. The second-order valence-electron chi connectivity index (χ2n) is 4.76. The van der Waals surface area contributed by atoms with Gasteiger partial charge in [-0.05, 0) is 19.8 Å². The van der Waals surface area contributed by atoms with Gasteiger partial charge in [0.05, 0.1) is 6.10 Å². The zero-order valence-electron chi connectivity index (χ0n) is 10.0. The average Bonchev–Trinajstić information content (AvgIpc) is 2.14. The molecular weight excluding hydrogens is 192 g/mol. The van der Waals surface area contributed by atoms with Crippen LogP contribution in [0.4, 0.5) is 0 Å². The van der Waals surface area contributed by atoms with Crippen LogP contribution < -0.4 is 0 Å². The van der Waals surface area contributed by atoms with Crippen LogP contribution in [0.2, 0.25) is 0 Å². The smallest absolute Gasteiger partial charge is 0.164 e. The lowest BCUT2D eigenvalue weighted by molar-refractivity contribution is -0.123. The zero-order valence-corrected chi connectivity index (χ0v) is 10.0. The van der Waals surface area contributed by atoms with E-state index in [0.717, 1.165) is 12.8 Å². The second kappa shape index (κ2) is 4.79. The van der Waals surface area contributed by atoms with Crippen LogP contribution in [0.1, 0.15) is 33.6 Å². The van der Waals surface area contributed by atoms with Gasteiger partial charge in [-0.25, -0.2) is 0 Å². The Kier molecular flexibility index (Phi) is 3.91. The molecule has 3 heteroatoms. The molecule has 0 fully saturated rings. The Balaban J connectivity index is 2.86. The van der Waals surface area contributed by atoms with Crippen molar-refractivity contribution in [3.05, 3.63) is 11.8 Å². The molecule has 1 unspecified atom stereocenters. The minimum absolute atomic E-state index is 0.126. The van der Waals surface area contributed by atoms with Crippen LogP contribution in [0.5, 0.6) is 0 Å². The van der Waals surface area contributed by atoms with Crippen molar-refractivity contribution in [2.75, 3.05) is 13.7 Å². The average molecular weight is 212 g/mol. The molecule has 1 aliphatic rings. The van der Waals surface area contributed by atoms with Crippen LogP contribution in [0.3, 0.4) is 0 Å². The van der Waals surface area contributed by atoms with E-state index in [1.54, 1.807) is 13.2 Å². The van der Waals surface area contributed by atoms with Gasteiger partial charge in [0.2, 0.25) is 0 Å². The van der Waals surface area contributed by atoms with E-state index >= 15 is 0 Å². The third-order valence-corrected chi connectivity index (χ3v) is 2.77.